The summed E-state index contributed by atoms with van der Waals surface area (Å²) in [4.78, 5) is 26.6. The maximum atomic E-state index is 12.7. The van der Waals surface area contributed by atoms with Crippen molar-refractivity contribution >= 4 is 24.1 Å². The zero-order valence-electron chi connectivity index (χ0n) is 15.6. The Morgan fingerprint density at radius 3 is 2.28 bits per heavy atom. The first kappa shape index (κ1) is 21.7. The smallest absolute Gasteiger partial charge is 0.223 e. The van der Waals surface area contributed by atoms with Gasteiger partial charge in [0.2, 0.25) is 5.91 Å². The lowest BCUT2D eigenvalue weighted by molar-refractivity contribution is -0.132. The molecule has 2 rings (SSSR count). The quantitative estimate of drug-likeness (QED) is 0.753. The third kappa shape index (κ3) is 6.44. The van der Waals surface area contributed by atoms with E-state index in [4.69, 9.17) is 0 Å². The lowest BCUT2D eigenvalue weighted by atomic mass is 9.88. The molecule has 0 unspecified atom stereocenters. The minimum atomic E-state index is 0. The maximum absolute atomic E-state index is 12.7. The highest BCUT2D eigenvalue weighted by molar-refractivity contribution is 5.98. The number of carbonyl (C=O) groups is 2. The molecule has 25 heavy (non-hydrogen) atoms. The van der Waals surface area contributed by atoms with Gasteiger partial charge < -0.3 is 10.2 Å². The maximum Gasteiger partial charge on any atom is 0.223 e. The number of benzene rings is 1. The molecule has 1 aliphatic heterocycles. The van der Waals surface area contributed by atoms with Crippen LogP contribution in [0.3, 0.4) is 0 Å². The Morgan fingerprint density at radius 2 is 1.76 bits per heavy atom. The van der Waals surface area contributed by atoms with Crippen molar-refractivity contribution < 1.29 is 9.59 Å². The lowest BCUT2D eigenvalue weighted by Crippen LogP contribution is -2.41. The third-order valence-electron chi connectivity index (χ3n) is 4.69. The number of hydrogen-bond acceptors (Lipinski definition) is 3. The number of carbonyl (C=O) groups excluding carboxylic acids is 2. The van der Waals surface area contributed by atoms with E-state index >= 15 is 0 Å². The van der Waals surface area contributed by atoms with Gasteiger partial charge in [0.15, 0.2) is 5.78 Å². The van der Waals surface area contributed by atoms with E-state index in [-0.39, 0.29) is 30.0 Å². The molecule has 140 valence electrons. The second-order valence-corrected chi connectivity index (χ2v) is 7.17. The standard InChI is InChI=1S/C20H30N2O2.ClH/c1-15(2)14-16-4-6-17(7-5-16)20(24)18-9-12-22(13-10-18)19(23)8-11-21-3;/h4-7,15,18,21H,8-14H2,1-3H3;1H. The summed E-state index contributed by atoms with van der Waals surface area (Å²) in [6.45, 7) is 6.50. The van der Waals surface area contributed by atoms with Crippen molar-refractivity contribution in [3.8, 4) is 0 Å². The molecule has 0 aromatic heterocycles. The van der Waals surface area contributed by atoms with Crippen molar-refractivity contribution in [3.63, 3.8) is 0 Å². The van der Waals surface area contributed by atoms with Gasteiger partial charge in [-0.2, -0.15) is 0 Å². The number of rotatable bonds is 7. The van der Waals surface area contributed by atoms with Crippen molar-refractivity contribution in [2.24, 2.45) is 11.8 Å². The van der Waals surface area contributed by atoms with E-state index in [1.807, 2.05) is 24.1 Å². The molecule has 0 radical (unpaired) electrons. The molecule has 1 heterocycles. The predicted molar refractivity (Wildman–Crippen MR) is 104 cm³/mol. The fourth-order valence-corrected chi connectivity index (χ4v) is 3.29. The van der Waals surface area contributed by atoms with Crippen LogP contribution in [0.1, 0.15) is 49.0 Å². The number of Topliss-reactive ketones (excluding diaryl/α,β-unsaturated/α-hetero) is 1. The number of piperidine rings is 1. The van der Waals surface area contributed by atoms with E-state index in [9.17, 15) is 9.59 Å². The van der Waals surface area contributed by atoms with Crippen molar-refractivity contribution in [3.05, 3.63) is 35.4 Å². The van der Waals surface area contributed by atoms with Gasteiger partial charge in [0.1, 0.15) is 0 Å². The Kier molecular flexibility index (Phi) is 9.15. The lowest BCUT2D eigenvalue weighted by Gasteiger charge is -2.31. The van der Waals surface area contributed by atoms with Crippen LogP contribution in [0.15, 0.2) is 24.3 Å². The van der Waals surface area contributed by atoms with Crippen LogP contribution in [0.25, 0.3) is 0 Å². The predicted octanol–water partition coefficient (Wildman–Crippen LogP) is 3.34. The monoisotopic (exact) mass is 366 g/mol. The first-order chi connectivity index (χ1) is 11.5. The Bertz CT molecular complexity index is 549. The van der Waals surface area contributed by atoms with E-state index in [1.54, 1.807) is 0 Å². The van der Waals surface area contributed by atoms with E-state index in [0.29, 0.717) is 32.0 Å². The van der Waals surface area contributed by atoms with E-state index in [1.165, 1.54) is 5.56 Å². The number of nitrogens with zero attached hydrogens (tertiary/aromatic N) is 1. The van der Waals surface area contributed by atoms with Crippen LogP contribution in [-0.4, -0.2) is 43.3 Å². The summed E-state index contributed by atoms with van der Waals surface area (Å²) in [5.41, 5.74) is 2.09. The van der Waals surface area contributed by atoms with Gasteiger partial charge in [0, 0.05) is 37.5 Å². The summed E-state index contributed by atoms with van der Waals surface area (Å²) in [6, 6.07) is 8.07. The second-order valence-electron chi connectivity index (χ2n) is 7.17. The van der Waals surface area contributed by atoms with Crippen molar-refractivity contribution in [2.45, 2.75) is 39.5 Å². The molecule has 4 nitrogen and oxygen atoms in total. The largest absolute Gasteiger partial charge is 0.343 e. The van der Waals surface area contributed by atoms with Gasteiger partial charge in [0.05, 0.1) is 0 Å². The van der Waals surface area contributed by atoms with Crippen molar-refractivity contribution in [2.75, 3.05) is 26.7 Å². The molecular formula is C20H31ClN2O2. The van der Waals surface area contributed by atoms with Gasteiger partial charge in [-0.15, -0.1) is 12.4 Å². The van der Waals surface area contributed by atoms with Crippen molar-refractivity contribution in [1.82, 2.24) is 10.2 Å². The number of ketones is 1. The molecule has 1 saturated heterocycles. The molecule has 0 saturated carbocycles. The Labute approximate surface area is 157 Å². The number of halogens is 1. The second kappa shape index (κ2) is 10.6. The van der Waals surface area contributed by atoms with Crippen LogP contribution < -0.4 is 5.32 Å². The van der Waals surface area contributed by atoms with Crippen LogP contribution in [0.5, 0.6) is 0 Å². The molecule has 1 aromatic rings. The summed E-state index contributed by atoms with van der Waals surface area (Å²) >= 11 is 0. The van der Waals surface area contributed by atoms with Gasteiger partial charge >= 0.3 is 0 Å². The topological polar surface area (TPSA) is 49.4 Å². The summed E-state index contributed by atoms with van der Waals surface area (Å²) in [5.74, 6) is 1.09. The zero-order valence-corrected chi connectivity index (χ0v) is 16.4. The van der Waals surface area contributed by atoms with Crippen LogP contribution in [0.2, 0.25) is 0 Å². The molecule has 0 aliphatic carbocycles. The average Bonchev–Trinajstić information content (AvgIpc) is 2.59. The molecule has 1 amide bonds. The van der Waals surface area contributed by atoms with E-state index < -0.39 is 0 Å². The highest BCUT2D eigenvalue weighted by Crippen LogP contribution is 2.23. The SMILES string of the molecule is CNCCC(=O)N1CCC(C(=O)c2ccc(CC(C)C)cc2)CC1.Cl. The normalized spacial score (nSPS) is 15.1. The number of nitrogens with one attached hydrogen (secondary N) is 1. The highest BCUT2D eigenvalue weighted by Gasteiger charge is 2.27. The molecular weight excluding hydrogens is 336 g/mol. The molecule has 0 bridgehead atoms. The molecule has 0 atom stereocenters. The van der Waals surface area contributed by atoms with Crippen LogP contribution in [-0.2, 0) is 11.2 Å². The summed E-state index contributed by atoms with van der Waals surface area (Å²) in [5, 5.41) is 3.00. The Balaban J connectivity index is 0.00000312. The fourth-order valence-electron chi connectivity index (χ4n) is 3.29. The Hall–Kier alpha value is -1.39. The number of amides is 1. The third-order valence-corrected chi connectivity index (χ3v) is 4.69. The first-order valence-electron chi connectivity index (χ1n) is 9.06. The molecule has 5 heteroatoms. The highest BCUT2D eigenvalue weighted by atomic mass is 35.5. The van der Waals surface area contributed by atoms with Gasteiger partial charge in [-0.05, 0) is 37.8 Å². The van der Waals surface area contributed by atoms with Crippen LogP contribution in [0, 0.1) is 11.8 Å². The van der Waals surface area contributed by atoms with Crippen LogP contribution in [0.4, 0.5) is 0 Å². The summed E-state index contributed by atoms with van der Waals surface area (Å²) in [7, 11) is 1.85. The first-order valence-corrected chi connectivity index (χ1v) is 9.06. The fraction of sp³-hybridized carbons (Fsp3) is 0.600. The molecule has 1 N–H and O–H groups in total. The molecule has 1 fully saturated rings. The van der Waals surface area contributed by atoms with E-state index in [2.05, 4.69) is 31.3 Å². The van der Waals surface area contributed by atoms with Gasteiger partial charge in [0.25, 0.3) is 0 Å². The minimum Gasteiger partial charge on any atom is -0.343 e. The number of likely N-dealkylation sites (tertiary alicyclic amines) is 1. The van der Waals surface area contributed by atoms with Gasteiger partial charge in [-0.25, -0.2) is 0 Å². The zero-order chi connectivity index (χ0) is 17.5. The van der Waals surface area contributed by atoms with Crippen molar-refractivity contribution in [1.29, 1.82) is 0 Å². The average molecular weight is 367 g/mol. The van der Waals surface area contributed by atoms with Crippen LogP contribution >= 0.6 is 12.4 Å². The Morgan fingerprint density at radius 1 is 1.16 bits per heavy atom. The molecule has 0 spiro atoms. The summed E-state index contributed by atoms with van der Waals surface area (Å²) in [6.07, 6.45) is 3.13. The van der Waals surface area contributed by atoms with E-state index in [0.717, 1.165) is 24.8 Å². The van der Waals surface area contributed by atoms with Gasteiger partial charge in [-0.3, -0.25) is 9.59 Å². The molecule has 1 aromatic carbocycles. The summed E-state index contributed by atoms with van der Waals surface area (Å²) < 4.78 is 0. The minimum absolute atomic E-state index is 0. The molecule has 1 aliphatic rings. The number of hydrogen-bond donors (Lipinski definition) is 1. The van der Waals surface area contributed by atoms with Gasteiger partial charge in [-0.1, -0.05) is 38.1 Å².